The third-order valence-electron chi connectivity index (χ3n) is 4.47. The molecule has 2 aromatic rings. The summed E-state index contributed by atoms with van der Waals surface area (Å²) in [5.41, 5.74) is 6.78. The van der Waals surface area contributed by atoms with E-state index in [-0.39, 0.29) is 11.9 Å². The van der Waals surface area contributed by atoms with Crippen molar-refractivity contribution >= 4 is 0 Å². The molecule has 0 aromatic heterocycles. The van der Waals surface area contributed by atoms with Gasteiger partial charge in [0.05, 0.1) is 6.04 Å². The third-order valence-corrected chi connectivity index (χ3v) is 4.47. The molecular weight excluding hydrogens is 263 g/mol. The summed E-state index contributed by atoms with van der Waals surface area (Å²) in [5, 5.41) is 0. The highest BCUT2D eigenvalue weighted by Crippen LogP contribution is 2.54. The Morgan fingerprint density at radius 2 is 1.90 bits per heavy atom. The summed E-state index contributed by atoms with van der Waals surface area (Å²) in [4.78, 5) is 0. The van der Waals surface area contributed by atoms with Gasteiger partial charge in [-0.15, -0.1) is 0 Å². The summed E-state index contributed by atoms with van der Waals surface area (Å²) < 4.78 is 14.4. The second-order valence-corrected chi connectivity index (χ2v) is 6.04. The zero-order chi connectivity index (χ0) is 15.0. The third kappa shape index (κ3) is 2.71. The summed E-state index contributed by atoms with van der Waals surface area (Å²) in [6.45, 7) is 3.87. The number of rotatable bonds is 4. The fraction of sp³-hybridized carbons (Fsp3) is 0.333. The minimum atomic E-state index is -0.158. The smallest absolute Gasteiger partial charge is 0.128 e. The first kappa shape index (κ1) is 14.2. The van der Waals surface area contributed by atoms with E-state index in [1.165, 1.54) is 5.56 Å². The number of hydrogen-bond donors (Lipinski definition) is 2. The van der Waals surface area contributed by atoms with Crippen LogP contribution >= 0.6 is 0 Å². The first-order valence-corrected chi connectivity index (χ1v) is 7.39. The van der Waals surface area contributed by atoms with Gasteiger partial charge in [-0.25, -0.2) is 4.39 Å². The Morgan fingerprint density at radius 1 is 1.19 bits per heavy atom. The summed E-state index contributed by atoms with van der Waals surface area (Å²) in [7, 11) is 0. The molecule has 3 unspecified atom stereocenters. The number of aryl methyl sites for hydroxylation is 2. The number of nitrogens with one attached hydrogen (secondary N) is 1. The highest BCUT2D eigenvalue weighted by atomic mass is 19.1. The maximum atomic E-state index is 14.4. The van der Waals surface area contributed by atoms with E-state index in [9.17, 15) is 4.39 Å². The largest absolute Gasteiger partial charge is 0.271 e. The number of nitrogens with two attached hydrogens (primary N) is 1. The van der Waals surface area contributed by atoms with Gasteiger partial charge < -0.3 is 0 Å². The topological polar surface area (TPSA) is 38.0 Å². The number of hydrogen-bond acceptors (Lipinski definition) is 2. The lowest BCUT2D eigenvalue weighted by atomic mass is 9.94. The fourth-order valence-corrected chi connectivity index (χ4v) is 3.41. The lowest BCUT2D eigenvalue weighted by Gasteiger charge is -2.20. The molecule has 2 aromatic carbocycles. The second-order valence-electron chi connectivity index (χ2n) is 6.04. The van der Waals surface area contributed by atoms with E-state index in [1.54, 1.807) is 6.07 Å². The van der Waals surface area contributed by atoms with Crippen LogP contribution in [0.5, 0.6) is 0 Å². The van der Waals surface area contributed by atoms with E-state index in [1.807, 2.05) is 38.1 Å². The van der Waals surface area contributed by atoms with Crippen molar-refractivity contribution in [3.05, 3.63) is 70.5 Å². The van der Waals surface area contributed by atoms with Crippen LogP contribution in [0.15, 0.2) is 42.5 Å². The summed E-state index contributed by atoms with van der Waals surface area (Å²) >= 11 is 0. The van der Waals surface area contributed by atoms with Crippen molar-refractivity contribution in [1.82, 2.24) is 5.43 Å². The van der Waals surface area contributed by atoms with E-state index < -0.39 is 0 Å². The van der Waals surface area contributed by atoms with Crippen molar-refractivity contribution in [3.8, 4) is 0 Å². The molecular formula is C18H21FN2. The lowest BCUT2D eigenvalue weighted by Crippen LogP contribution is -2.31. The standard InChI is InChI=1S/C18H21FN2/c1-11-8-12(2)17(16(19)9-11)18(21-20)15-10-14(15)13-6-4-3-5-7-13/h3-9,14-15,18,21H,10,20H2,1-2H3. The number of halogens is 1. The van der Waals surface area contributed by atoms with E-state index >= 15 is 0 Å². The molecule has 1 aliphatic rings. The molecule has 0 radical (unpaired) electrons. The average molecular weight is 284 g/mol. The normalized spacial score (nSPS) is 22.1. The van der Waals surface area contributed by atoms with E-state index in [4.69, 9.17) is 5.84 Å². The fourth-order valence-electron chi connectivity index (χ4n) is 3.41. The molecule has 0 amide bonds. The van der Waals surface area contributed by atoms with Crippen molar-refractivity contribution in [1.29, 1.82) is 0 Å². The van der Waals surface area contributed by atoms with E-state index in [0.717, 1.165) is 17.5 Å². The van der Waals surface area contributed by atoms with Crippen LogP contribution in [0.4, 0.5) is 4.39 Å². The van der Waals surface area contributed by atoms with Crippen molar-refractivity contribution in [2.75, 3.05) is 0 Å². The maximum absolute atomic E-state index is 14.4. The van der Waals surface area contributed by atoms with Gasteiger partial charge in [-0.3, -0.25) is 11.3 Å². The molecule has 3 heteroatoms. The molecule has 3 atom stereocenters. The first-order chi connectivity index (χ1) is 10.1. The molecule has 1 saturated carbocycles. The van der Waals surface area contributed by atoms with Gasteiger partial charge in [-0.1, -0.05) is 36.4 Å². The van der Waals surface area contributed by atoms with Crippen molar-refractivity contribution < 1.29 is 4.39 Å². The molecule has 0 spiro atoms. The first-order valence-electron chi connectivity index (χ1n) is 7.39. The van der Waals surface area contributed by atoms with Gasteiger partial charge in [0.25, 0.3) is 0 Å². The summed E-state index contributed by atoms with van der Waals surface area (Å²) in [6, 6.07) is 13.9. The van der Waals surface area contributed by atoms with Gasteiger partial charge >= 0.3 is 0 Å². The van der Waals surface area contributed by atoms with Crippen LogP contribution in [0.1, 0.15) is 40.6 Å². The van der Waals surface area contributed by atoms with Crippen LogP contribution in [-0.4, -0.2) is 0 Å². The zero-order valence-electron chi connectivity index (χ0n) is 12.4. The molecule has 0 heterocycles. The second kappa shape index (κ2) is 5.58. The molecule has 110 valence electrons. The minimum Gasteiger partial charge on any atom is -0.271 e. The van der Waals surface area contributed by atoms with Crippen LogP contribution in [-0.2, 0) is 0 Å². The molecule has 2 nitrogen and oxygen atoms in total. The zero-order valence-corrected chi connectivity index (χ0v) is 12.4. The van der Waals surface area contributed by atoms with Crippen LogP contribution in [0, 0.1) is 25.6 Å². The van der Waals surface area contributed by atoms with Gasteiger partial charge in [0.1, 0.15) is 5.82 Å². The van der Waals surface area contributed by atoms with E-state index in [0.29, 0.717) is 17.4 Å². The SMILES string of the molecule is Cc1cc(C)c(C(NN)C2CC2c2ccccc2)c(F)c1. The highest BCUT2D eigenvalue weighted by Gasteiger charge is 2.45. The summed E-state index contributed by atoms with van der Waals surface area (Å²) in [6.07, 6.45) is 1.05. The monoisotopic (exact) mass is 284 g/mol. The van der Waals surface area contributed by atoms with Crippen molar-refractivity contribution in [2.45, 2.75) is 32.2 Å². The quantitative estimate of drug-likeness (QED) is 0.663. The number of hydrazine groups is 1. The van der Waals surface area contributed by atoms with Gasteiger partial charge in [0.15, 0.2) is 0 Å². The predicted molar refractivity (Wildman–Crippen MR) is 83.2 cm³/mol. The Kier molecular flexibility index (Phi) is 3.79. The van der Waals surface area contributed by atoms with Crippen LogP contribution < -0.4 is 11.3 Å². The number of benzene rings is 2. The maximum Gasteiger partial charge on any atom is 0.128 e. The molecule has 1 fully saturated rings. The van der Waals surface area contributed by atoms with E-state index in [2.05, 4.69) is 17.6 Å². The van der Waals surface area contributed by atoms with Crippen LogP contribution in [0.2, 0.25) is 0 Å². The Labute approximate surface area is 125 Å². The van der Waals surface area contributed by atoms with Crippen molar-refractivity contribution in [2.24, 2.45) is 11.8 Å². The van der Waals surface area contributed by atoms with Gasteiger partial charge in [-0.2, -0.15) is 0 Å². The van der Waals surface area contributed by atoms with Crippen LogP contribution in [0.25, 0.3) is 0 Å². The Hall–Kier alpha value is -1.71. The minimum absolute atomic E-state index is 0.129. The molecule has 0 saturated heterocycles. The average Bonchev–Trinajstić information content (AvgIpc) is 3.23. The Morgan fingerprint density at radius 3 is 2.52 bits per heavy atom. The van der Waals surface area contributed by atoms with Crippen LogP contribution in [0.3, 0.4) is 0 Å². The Balaban J connectivity index is 1.88. The molecule has 0 bridgehead atoms. The van der Waals surface area contributed by atoms with Crippen molar-refractivity contribution in [3.63, 3.8) is 0 Å². The summed E-state index contributed by atoms with van der Waals surface area (Å²) in [5.74, 6) is 6.41. The predicted octanol–water partition coefficient (Wildman–Crippen LogP) is 3.75. The van der Waals surface area contributed by atoms with Gasteiger partial charge in [0, 0.05) is 5.56 Å². The Bertz CT molecular complexity index is 616. The molecule has 21 heavy (non-hydrogen) atoms. The molecule has 3 rings (SSSR count). The highest BCUT2D eigenvalue weighted by molar-refractivity contribution is 5.37. The lowest BCUT2D eigenvalue weighted by molar-refractivity contribution is 0.459. The molecule has 3 N–H and O–H groups in total. The van der Waals surface area contributed by atoms with Gasteiger partial charge in [0.2, 0.25) is 0 Å². The van der Waals surface area contributed by atoms with Gasteiger partial charge in [-0.05, 0) is 54.9 Å². The molecule has 0 aliphatic heterocycles. The molecule has 1 aliphatic carbocycles.